The Balaban J connectivity index is 2.02. The second kappa shape index (κ2) is 5.88. The lowest BCUT2D eigenvalue weighted by molar-refractivity contribution is 1.05. The predicted molar refractivity (Wildman–Crippen MR) is 89.7 cm³/mol. The number of fused-ring (bicyclic) bond motifs is 1. The number of nitrogens with two attached hydrogens (primary N) is 1. The summed E-state index contributed by atoms with van der Waals surface area (Å²) in [5, 5.41) is 2.14. The zero-order valence-electron chi connectivity index (χ0n) is 12.3. The number of pyridine rings is 1. The number of nitrogens with zero attached hydrogens (tertiary/aromatic N) is 1. The van der Waals surface area contributed by atoms with Crippen molar-refractivity contribution in [2.75, 3.05) is 0 Å². The van der Waals surface area contributed by atoms with E-state index in [1.807, 2.05) is 18.2 Å². The first kappa shape index (κ1) is 14.1. The zero-order chi connectivity index (χ0) is 14.8. The molecule has 3 aromatic rings. The largest absolute Gasteiger partial charge is 0.326 e. The average Bonchev–Trinajstić information content (AvgIpc) is 2.50. The van der Waals surface area contributed by atoms with Gasteiger partial charge in [0, 0.05) is 16.8 Å². The van der Waals surface area contributed by atoms with Gasteiger partial charge in [0.2, 0.25) is 0 Å². The third-order valence-corrected chi connectivity index (χ3v) is 4.61. The Labute approximate surface area is 129 Å². The first-order valence-electron chi connectivity index (χ1n) is 7.01. The first-order valence-corrected chi connectivity index (χ1v) is 7.83. The molecule has 0 aliphatic carbocycles. The summed E-state index contributed by atoms with van der Waals surface area (Å²) in [7, 11) is 0. The van der Waals surface area contributed by atoms with E-state index in [0.29, 0.717) is 6.54 Å². The van der Waals surface area contributed by atoms with Crippen LogP contribution in [0.3, 0.4) is 0 Å². The number of aryl methyl sites for hydroxylation is 2. The molecule has 3 rings (SSSR count). The second-order valence-corrected chi connectivity index (χ2v) is 6.28. The van der Waals surface area contributed by atoms with Crippen LogP contribution < -0.4 is 5.73 Å². The summed E-state index contributed by atoms with van der Waals surface area (Å²) in [4.78, 5) is 5.95. The molecule has 0 atom stereocenters. The molecule has 106 valence electrons. The van der Waals surface area contributed by atoms with E-state index >= 15 is 0 Å². The molecule has 0 amide bonds. The van der Waals surface area contributed by atoms with Gasteiger partial charge < -0.3 is 5.73 Å². The minimum absolute atomic E-state index is 0.531. The van der Waals surface area contributed by atoms with Gasteiger partial charge in [-0.2, -0.15) is 0 Å². The maximum atomic E-state index is 5.89. The first-order chi connectivity index (χ1) is 10.2. The lowest BCUT2D eigenvalue weighted by Crippen LogP contribution is -1.99. The van der Waals surface area contributed by atoms with Crippen LogP contribution >= 0.6 is 11.8 Å². The van der Waals surface area contributed by atoms with Gasteiger partial charge in [-0.1, -0.05) is 36.0 Å². The molecule has 0 unspecified atom stereocenters. The molecule has 0 saturated heterocycles. The maximum Gasteiger partial charge on any atom is 0.102 e. The van der Waals surface area contributed by atoms with Gasteiger partial charge in [-0.05, 0) is 54.8 Å². The standard InChI is InChI=1S/C18H18N2S/c1-12-7-8-15(9-13(12)2)21-18-10-14(11-19)16-5-3-4-6-17(16)20-18/h3-10H,11,19H2,1-2H3. The van der Waals surface area contributed by atoms with Crippen LogP contribution in [0.15, 0.2) is 58.5 Å². The molecule has 1 heterocycles. The Hall–Kier alpha value is -1.84. The van der Waals surface area contributed by atoms with E-state index < -0.39 is 0 Å². The van der Waals surface area contributed by atoms with Crippen molar-refractivity contribution in [1.82, 2.24) is 4.98 Å². The van der Waals surface area contributed by atoms with Crippen LogP contribution in [-0.4, -0.2) is 4.98 Å². The molecule has 0 aliphatic rings. The number of hydrogen-bond acceptors (Lipinski definition) is 3. The van der Waals surface area contributed by atoms with E-state index in [1.54, 1.807) is 11.8 Å². The number of aromatic nitrogens is 1. The van der Waals surface area contributed by atoms with Crippen LogP contribution in [0.4, 0.5) is 0 Å². The minimum Gasteiger partial charge on any atom is -0.326 e. The smallest absolute Gasteiger partial charge is 0.102 e. The van der Waals surface area contributed by atoms with Crippen molar-refractivity contribution in [3.8, 4) is 0 Å². The minimum atomic E-state index is 0.531. The topological polar surface area (TPSA) is 38.9 Å². The Morgan fingerprint density at radius 1 is 1.00 bits per heavy atom. The van der Waals surface area contributed by atoms with Crippen molar-refractivity contribution in [1.29, 1.82) is 0 Å². The third kappa shape index (κ3) is 2.94. The molecular formula is C18H18N2S. The summed E-state index contributed by atoms with van der Waals surface area (Å²) in [6.45, 7) is 4.80. The third-order valence-electron chi connectivity index (χ3n) is 3.70. The molecule has 0 bridgehead atoms. The number of rotatable bonds is 3. The van der Waals surface area contributed by atoms with Gasteiger partial charge in [-0.25, -0.2) is 4.98 Å². The van der Waals surface area contributed by atoms with Crippen molar-refractivity contribution in [2.24, 2.45) is 5.73 Å². The molecule has 0 spiro atoms. The molecule has 3 heteroatoms. The molecular weight excluding hydrogens is 276 g/mol. The summed E-state index contributed by atoms with van der Waals surface area (Å²) in [5.74, 6) is 0. The summed E-state index contributed by atoms with van der Waals surface area (Å²) in [6.07, 6.45) is 0. The highest BCUT2D eigenvalue weighted by Crippen LogP contribution is 2.30. The van der Waals surface area contributed by atoms with Crippen LogP contribution in [-0.2, 0) is 6.54 Å². The van der Waals surface area contributed by atoms with Gasteiger partial charge in [0.15, 0.2) is 0 Å². The monoisotopic (exact) mass is 294 g/mol. The van der Waals surface area contributed by atoms with Crippen molar-refractivity contribution >= 4 is 22.7 Å². The highest BCUT2D eigenvalue weighted by Gasteiger charge is 2.06. The molecule has 0 radical (unpaired) electrons. The number of para-hydroxylation sites is 1. The molecule has 0 aliphatic heterocycles. The second-order valence-electron chi connectivity index (χ2n) is 5.19. The lowest BCUT2D eigenvalue weighted by Gasteiger charge is -2.09. The van der Waals surface area contributed by atoms with Gasteiger partial charge in [0.1, 0.15) is 5.03 Å². The Morgan fingerprint density at radius 2 is 1.81 bits per heavy atom. The molecule has 2 nitrogen and oxygen atoms in total. The Bertz CT molecular complexity index is 796. The van der Waals surface area contributed by atoms with E-state index in [2.05, 4.69) is 44.2 Å². The van der Waals surface area contributed by atoms with E-state index in [0.717, 1.165) is 21.5 Å². The summed E-state index contributed by atoms with van der Waals surface area (Å²) in [5.41, 5.74) is 10.7. The highest BCUT2D eigenvalue weighted by atomic mass is 32.2. The van der Waals surface area contributed by atoms with Gasteiger partial charge in [0.05, 0.1) is 5.52 Å². The molecule has 21 heavy (non-hydrogen) atoms. The van der Waals surface area contributed by atoms with Crippen molar-refractivity contribution < 1.29 is 0 Å². The zero-order valence-corrected chi connectivity index (χ0v) is 13.1. The summed E-state index contributed by atoms with van der Waals surface area (Å²) in [6, 6.07) is 16.8. The van der Waals surface area contributed by atoms with Crippen LogP contribution in [0, 0.1) is 13.8 Å². The lowest BCUT2D eigenvalue weighted by atomic mass is 10.1. The Kier molecular flexibility index (Phi) is 3.95. The van der Waals surface area contributed by atoms with Gasteiger partial charge in [-0.3, -0.25) is 0 Å². The normalized spacial score (nSPS) is 11.0. The average molecular weight is 294 g/mol. The molecule has 0 fully saturated rings. The summed E-state index contributed by atoms with van der Waals surface area (Å²) >= 11 is 1.69. The van der Waals surface area contributed by atoms with Crippen LogP contribution in [0.2, 0.25) is 0 Å². The molecule has 2 aromatic carbocycles. The fraction of sp³-hybridized carbons (Fsp3) is 0.167. The molecule has 2 N–H and O–H groups in total. The predicted octanol–water partition coefficient (Wildman–Crippen LogP) is 4.46. The molecule has 1 aromatic heterocycles. The van der Waals surface area contributed by atoms with Crippen molar-refractivity contribution in [2.45, 2.75) is 30.3 Å². The van der Waals surface area contributed by atoms with E-state index in [9.17, 15) is 0 Å². The SMILES string of the molecule is Cc1ccc(Sc2cc(CN)c3ccccc3n2)cc1C. The van der Waals surface area contributed by atoms with Crippen molar-refractivity contribution in [3.63, 3.8) is 0 Å². The van der Waals surface area contributed by atoms with Crippen molar-refractivity contribution in [3.05, 3.63) is 65.2 Å². The van der Waals surface area contributed by atoms with Crippen LogP contribution in [0.1, 0.15) is 16.7 Å². The fourth-order valence-electron chi connectivity index (χ4n) is 2.34. The fourth-order valence-corrected chi connectivity index (χ4v) is 3.30. The van der Waals surface area contributed by atoms with E-state index in [-0.39, 0.29) is 0 Å². The number of hydrogen-bond donors (Lipinski definition) is 1. The van der Waals surface area contributed by atoms with Gasteiger partial charge in [0.25, 0.3) is 0 Å². The van der Waals surface area contributed by atoms with Gasteiger partial charge >= 0.3 is 0 Å². The highest BCUT2D eigenvalue weighted by molar-refractivity contribution is 7.99. The van der Waals surface area contributed by atoms with Crippen LogP contribution in [0.25, 0.3) is 10.9 Å². The summed E-state index contributed by atoms with van der Waals surface area (Å²) < 4.78 is 0. The quantitative estimate of drug-likeness (QED) is 0.775. The number of benzene rings is 2. The van der Waals surface area contributed by atoms with Crippen LogP contribution in [0.5, 0.6) is 0 Å². The van der Waals surface area contributed by atoms with E-state index in [4.69, 9.17) is 10.7 Å². The molecule has 0 saturated carbocycles. The van der Waals surface area contributed by atoms with Gasteiger partial charge in [-0.15, -0.1) is 0 Å². The maximum absolute atomic E-state index is 5.89. The van der Waals surface area contributed by atoms with E-state index in [1.165, 1.54) is 16.0 Å². The Morgan fingerprint density at radius 3 is 2.57 bits per heavy atom.